The second-order valence-electron chi connectivity index (χ2n) is 6.60. The van der Waals surface area contributed by atoms with Crippen molar-refractivity contribution in [2.75, 3.05) is 0 Å². The Balaban J connectivity index is 1.50. The summed E-state index contributed by atoms with van der Waals surface area (Å²) >= 11 is 1.48. The second kappa shape index (κ2) is 7.59. The maximum absolute atomic E-state index is 14.0. The first-order valence-corrected chi connectivity index (χ1v) is 9.80. The van der Waals surface area contributed by atoms with Gasteiger partial charge in [-0.3, -0.25) is 0 Å². The van der Waals surface area contributed by atoms with Crippen molar-refractivity contribution in [1.29, 1.82) is 0 Å². The van der Waals surface area contributed by atoms with Crippen molar-refractivity contribution in [3.8, 4) is 22.8 Å². The van der Waals surface area contributed by atoms with Gasteiger partial charge < -0.3 is 8.98 Å². The molecule has 0 aliphatic heterocycles. The summed E-state index contributed by atoms with van der Waals surface area (Å²) in [4.78, 5) is 4.59. The van der Waals surface area contributed by atoms with E-state index >= 15 is 0 Å². The van der Waals surface area contributed by atoms with Crippen LogP contribution in [0.25, 0.3) is 22.8 Å². The minimum absolute atomic E-state index is 0.316. The van der Waals surface area contributed by atoms with Crippen LogP contribution in [0.3, 0.4) is 0 Å². The van der Waals surface area contributed by atoms with E-state index in [4.69, 9.17) is 4.42 Å². The molecule has 0 amide bonds. The highest BCUT2D eigenvalue weighted by Crippen LogP contribution is 2.28. The topological polar surface area (TPSA) is 56.7 Å². The third-order valence-corrected chi connectivity index (χ3v) is 5.52. The van der Waals surface area contributed by atoms with E-state index in [0.717, 1.165) is 16.8 Å². The van der Waals surface area contributed by atoms with Gasteiger partial charge in [-0.25, -0.2) is 9.37 Å². The fourth-order valence-electron chi connectivity index (χ4n) is 3.01. The Hall–Kier alpha value is -2.93. The van der Waals surface area contributed by atoms with Crippen LogP contribution in [0, 0.1) is 19.7 Å². The van der Waals surface area contributed by atoms with Gasteiger partial charge in [-0.15, -0.1) is 10.2 Å². The van der Waals surface area contributed by atoms with Crippen molar-refractivity contribution < 1.29 is 8.81 Å². The number of aromatic nitrogens is 4. The normalized spacial score (nSPS) is 11.1. The predicted octanol–water partition coefficient (Wildman–Crippen LogP) is 5.19. The molecule has 0 saturated heterocycles. The van der Waals surface area contributed by atoms with Gasteiger partial charge in [0.25, 0.3) is 0 Å². The van der Waals surface area contributed by atoms with Crippen LogP contribution in [0.4, 0.5) is 4.39 Å². The van der Waals surface area contributed by atoms with Crippen LogP contribution in [0.2, 0.25) is 0 Å². The molecule has 4 rings (SSSR count). The zero-order valence-corrected chi connectivity index (χ0v) is 16.6. The largest absolute Gasteiger partial charge is 0.444 e. The van der Waals surface area contributed by atoms with Crippen molar-refractivity contribution in [3.05, 3.63) is 71.4 Å². The van der Waals surface area contributed by atoms with E-state index < -0.39 is 0 Å². The molecule has 0 spiro atoms. The number of hydrogen-bond donors (Lipinski definition) is 0. The second-order valence-corrected chi connectivity index (χ2v) is 7.54. The van der Waals surface area contributed by atoms with Crippen LogP contribution in [-0.2, 0) is 12.8 Å². The van der Waals surface area contributed by atoms with Crippen molar-refractivity contribution in [1.82, 2.24) is 19.7 Å². The number of benzene rings is 2. The molecule has 0 aliphatic rings. The molecule has 2 aromatic carbocycles. The molecule has 7 heteroatoms. The number of aryl methyl sites for hydroxylation is 2. The lowest BCUT2D eigenvalue weighted by Crippen LogP contribution is -1.96. The Bertz CT molecular complexity index is 1140. The van der Waals surface area contributed by atoms with Crippen molar-refractivity contribution in [2.24, 2.45) is 7.05 Å². The van der Waals surface area contributed by atoms with E-state index in [2.05, 4.69) is 28.2 Å². The highest BCUT2D eigenvalue weighted by Gasteiger charge is 2.15. The van der Waals surface area contributed by atoms with Gasteiger partial charge in [0, 0.05) is 18.4 Å². The van der Waals surface area contributed by atoms with Crippen LogP contribution >= 0.6 is 11.8 Å². The summed E-state index contributed by atoms with van der Waals surface area (Å²) in [5.41, 5.74) is 4.57. The van der Waals surface area contributed by atoms with Crippen molar-refractivity contribution in [2.45, 2.75) is 24.8 Å². The lowest BCUT2D eigenvalue weighted by molar-refractivity contribution is 0.573. The first-order chi connectivity index (χ1) is 13.5. The summed E-state index contributed by atoms with van der Waals surface area (Å²) in [5, 5.41) is 9.02. The molecule has 2 heterocycles. The van der Waals surface area contributed by atoms with Gasteiger partial charge in [-0.2, -0.15) is 0 Å². The molecule has 0 bridgehead atoms. The lowest BCUT2D eigenvalue weighted by atomic mass is 10.1. The lowest BCUT2D eigenvalue weighted by Gasteiger charge is -2.04. The zero-order chi connectivity index (χ0) is 19.7. The minimum Gasteiger partial charge on any atom is -0.444 e. The first kappa shape index (κ1) is 18.4. The zero-order valence-electron chi connectivity index (χ0n) is 15.8. The maximum atomic E-state index is 14.0. The van der Waals surface area contributed by atoms with Crippen molar-refractivity contribution >= 4 is 11.8 Å². The summed E-state index contributed by atoms with van der Waals surface area (Å²) in [6.45, 7) is 4.11. The molecule has 5 nitrogen and oxygen atoms in total. The molecule has 0 N–H and O–H groups in total. The molecule has 4 aromatic rings. The Morgan fingerprint density at radius 3 is 2.68 bits per heavy atom. The number of oxazole rings is 1. The van der Waals surface area contributed by atoms with Gasteiger partial charge >= 0.3 is 0 Å². The van der Waals surface area contributed by atoms with E-state index in [1.54, 1.807) is 29.0 Å². The van der Waals surface area contributed by atoms with Gasteiger partial charge in [0.1, 0.15) is 12.1 Å². The molecule has 0 fully saturated rings. The van der Waals surface area contributed by atoms with E-state index in [0.29, 0.717) is 28.2 Å². The van der Waals surface area contributed by atoms with E-state index in [1.807, 2.05) is 26.1 Å². The number of halogens is 1. The van der Waals surface area contributed by atoms with Crippen molar-refractivity contribution in [3.63, 3.8) is 0 Å². The number of hydrogen-bond acceptors (Lipinski definition) is 5. The molecule has 142 valence electrons. The third kappa shape index (κ3) is 3.57. The monoisotopic (exact) mass is 394 g/mol. The Labute approximate surface area is 166 Å². The molecule has 0 radical (unpaired) electrons. The number of rotatable bonds is 5. The van der Waals surface area contributed by atoms with Gasteiger partial charge in [0.15, 0.2) is 11.0 Å². The van der Waals surface area contributed by atoms with Crippen LogP contribution in [-0.4, -0.2) is 19.7 Å². The van der Waals surface area contributed by atoms with Gasteiger partial charge in [-0.1, -0.05) is 41.6 Å². The predicted molar refractivity (Wildman–Crippen MR) is 107 cm³/mol. The van der Waals surface area contributed by atoms with Gasteiger partial charge in [0.05, 0.1) is 11.3 Å². The smallest absolute Gasteiger partial charge is 0.226 e. The van der Waals surface area contributed by atoms with Crippen LogP contribution in [0.15, 0.2) is 58.3 Å². The molecule has 0 atom stereocenters. The van der Waals surface area contributed by atoms with Crippen LogP contribution < -0.4 is 0 Å². The van der Waals surface area contributed by atoms with Crippen LogP contribution in [0.5, 0.6) is 0 Å². The highest BCUT2D eigenvalue weighted by molar-refractivity contribution is 7.98. The molecule has 28 heavy (non-hydrogen) atoms. The fraction of sp³-hybridized carbons (Fsp3) is 0.190. The SMILES string of the molecule is Cc1ccc(-c2nc(CSc3nnc(-c4ccccc4F)n3C)co2)c(C)c1. The summed E-state index contributed by atoms with van der Waals surface area (Å²) in [6, 6.07) is 12.7. The number of thioether (sulfide) groups is 1. The molecule has 0 saturated carbocycles. The highest BCUT2D eigenvalue weighted by atomic mass is 32.2. The van der Waals surface area contributed by atoms with E-state index in [1.165, 1.54) is 23.4 Å². The Morgan fingerprint density at radius 2 is 1.89 bits per heavy atom. The molecule has 0 unspecified atom stereocenters. The summed E-state index contributed by atoms with van der Waals surface area (Å²) < 4.78 is 21.5. The van der Waals surface area contributed by atoms with E-state index in [9.17, 15) is 4.39 Å². The molecular formula is C21H19FN4OS. The fourth-order valence-corrected chi connectivity index (χ4v) is 3.79. The Morgan fingerprint density at radius 1 is 1.07 bits per heavy atom. The Kier molecular flexibility index (Phi) is 5.00. The summed E-state index contributed by atoms with van der Waals surface area (Å²) in [5.74, 6) is 1.37. The van der Waals surface area contributed by atoms with Gasteiger partial charge in [-0.05, 0) is 37.6 Å². The maximum Gasteiger partial charge on any atom is 0.226 e. The third-order valence-electron chi connectivity index (χ3n) is 4.46. The standard InChI is InChI=1S/C21H19FN4OS/c1-13-8-9-16(14(2)10-13)20-23-15(11-27-20)12-28-21-25-24-19(26(21)3)17-6-4-5-7-18(17)22/h4-11H,12H2,1-3H3. The summed E-state index contributed by atoms with van der Waals surface area (Å²) in [7, 11) is 1.83. The molecular weight excluding hydrogens is 375 g/mol. The molecule has 0 aliphatic carbocycles. The first-order valence-electron chi connectivity index (χ1n) is 8.82. The van der Waals surface area contributed by atoms with E-state index in [-0.39, 0.29) is 5.82 Å². The number of nitrogens with zero attached hydrogens (tertiary/aromatic N) is 4. The van der Waals surface area contributed by atoms with Gasteiger partial charge in [0.2, 0.25) is 5.89 Å². The van der Waals surface area contributed by atoms with Crippen LogP contribution in [0.1, 0.15) is 16.8 Å². The summed E-state index contributed by atoms with van der Waals surface area (Å²) in [6.07, 6.45) is 1.66. The average molecular weight is 394 g/mol. The quantitative estimate of drug-likeness (QED) is 0.436. The average Bonchev–Trinajstić information content (AvgIpc) is 3.27. The molecule has 2 aromatic heterocycles. The minimum atomic E-state index is -0.316.